The van der Waals surface area contributed by atoms with Gasteiger partial charge in [-0.3, -0.25) is 0 Å². The number of rotatable bonds is 3. The van der Waals surface area contributed by atoms with Crippen molar-refractivity contribution in [2.75, 3.05) is 13.2 Å². The Morgan fingerprint density at radius 1 is 1.05 bits per heavy atom. The Bertz CT molecular complexity index is 613. The summed E-state index contributed by atoms with van der Waals surface area (Å²) in [7, 11) is 0. The zero-order chi connectivity index (χ0) is 14.7. The first-order valence-electron chi connectivity index (χ1n) is 7.05. The highest BCUT2D eigenvalue weighted by Gasteiger charge is 2.18. The summed E-state index contributed by atoms with van der Waals surface area (Å²) in [5.74, 6) is 1.30. The van der Waals surface area contributed by atoms with E-state index in [4.69, 9.17) is 21.1 Å². The van der Waals surface area contributed by atoms with Gasteiger partial charge in [0.05, 0.1) is 24.3 Å². The summed E-state index contributed by atoms with van der Waals surface area (Å²) in [4.78, 5) is 0. The molecule has 0 amide bonds. The molecular formula is C17H17ClO3. The van der Waals surface area contributed by atoms with E-state index in [0.29, 0.717) is 41.7 Å². The predicted octanol–water partition coefficient (Wildman–Crippen LogP) is 3.78. The van der Waals surface area contributed by atoms with Gasteiger partial charge in [0, 0.05) is 24.5 Å². The number of benzene rings is 2. The summed E-state index contributed by atoms with van der Waals surface area (Å²) in [5, 5.41) is 10.9. The molecule has 3 rings (SSSR count). The maximum atomic E-state index is 10.4. The molecule has 0 aromatic heterocycles. The van der Waals surface area contributed by atoms with E-state index in [1.165, 1.54) is 0 Å². The average Bonchev–Trinajstić information content (AvgIpc) is 2.72. The fraction of sp³-hybridized carbons (Fsp3) is 0.294. The van der Waals surface area contributed by atoms with E-state index in [9.17, 15) is 5.11 Å². The number of aliphatic hydroxyl groups excluding tert-OH is 1. The monoisotopic (exact) mass is 304 g/mol. The van der Waals surface area contributed by atoms with Crippen molar-refractivity contribution in [1.29, 1.82) is 0 Å². The molecule has 110 valence electrons. The molecule has 0 fully saturated rings. The van der Waals surface area contributed by atoms with E-state index in [1.54, 1.807) is 12.1 Å². The summed E-state index contributed by atoms with van der Waals surface area (Å²) in [6.07, 6.45) is 0.686. The third-order valence-electron chi connectivity index (χ3n) is 3.50. The smallest absolute Gasteiger partial charge is 0.162 e. The highest BCUT2D eigenvalue weighted by molar-refractivity contribution is 6.31. The fourth-order valence-electron chi connectivity index (χ4n) is 2.40. The molecule has 2 aromatic carbocycles. The van der Waals surface area contributed by atoms with Crippen LogP contribution in [0, 0.1) is 0 Å². The average molecular weight is 305 g/mol. The molecule has 1 aliphatic heterocycles. The largest absolute Gasteiger partial charge is 0.490 e. The highest BCUT2D eigenvalue weighted by atomic mass is 35.5. The van der Waals surface area contributed by atoms with Crippen LogP contribution in [0.4, 0.5) is 0 Å². The van der Waals surface area contributed by atoms with Crippen LogP contribution >= 0.6 is 11.6 Å². The molecule has 1 unspecified atom stereocenters. The van der Waals surface area contributed by atoms with Crippen molar-refractivity contribution in [3.05, 3.63) is 58.6 Å². The second-order valence-corrected chi connectivity index (χ2v) is 5.48. The maximum Gasteiger partial charge on any atom is 0.162 e. The van der Waals surface area contributed by atoms with E-state index < -0.39 is 6.10 Å². The van der Waals surface area contributed by atoms with Gasteiger partial charge in [-0.05, 0) is 11.6 Å². The molecule has 0 bridgehead atoms. The summed E-state index contributed by atoms with van der Waals surface area (Å²) in [5.41, 5.74) is 1.73. The minimum Gasteiger partial charge on any atom is -0.490 e. The van der Waals surface area contributed by atoms with Crippen LogP contribution in [0.25, 0.3) is 0 Å². The van der Waals surface area contributed by atoms with E-state index in [0.717, 1.165) is 12.0 Å². The molecule has 1 heterocycles. The lowest BCUT2D eigenvalue weighted by Crippen LogP contribution is -2.04. The van der Waals surface area contributed by atoms with Gasteiger partial charge in [0.2, 0.25) is 0 Å². The Morgan fingerprint density at radius 3 is 2.43 bits per heavy atom. The number of ether oxygens (including phenoxy) is 2. The zero-order valence-corrected chi connectivity index (χ0v) is 12.3. The van der Waals surface area contributed by atoms with Crippen molar-refractivity contribution in [2.24, 2.45) is 0 Å². The van der Waals surface area contributed by atoms with Crippen LogP contribution in [0.2, 0.25) is 5.02 Å². The highest BCUT2D eigenvalue weighted by Crippen LogP contribution is 2.38. The molecule has 1 atom stereocenters. The molecule has 2 aromatic rings. The number of fused-ring (bicyclic) bond motifs is 1. The van der Waals surface area contributed by atoms with Gasteiger partial charge in [-0.15, -0.1) is 0 Å². The first-order chi connectivity index (χ1) is 10.2. The van der Waals surface area contributed by atoms with E-state index in [-0.39, 0.29) is 0 Å². The molecule has 21 heavy (non-hydrogen) atoms. The van der Waals surface area contributed by atoms with Crippen LogP contribution in [0.1, 0.15) is 23.7 Å². The van der Waals surface area contributed by atoms with Gasteiger partial charge >= 0.3 is 0 Å². The van der Waals surface area contributed by atoms with Crippen LogP contribution in [-0.4, -0.2) is 18.3 Å². The standard InChI is InChI=1S/C17H17ClO3/c18-14-11-17-16(20-7-4-8-21-17)10-13(14)15(19)9-12-5-2-1-3-6-12/h1-3,5-6,10-11,15,19H,4,7-9H2. The normalized spacial score (nSPS) is 15.3. The number of hydrogen-bond acceptors (Lipinski definition) is 3. The van der Waals surface area contributed by atoms with Crippen LogP contribution in [0.15, 0.2) is 42.5 Å². The molecule has 3 nitrogen and oxygen atoms in total. The summed E-state index contributed by atoms with van der Waals surface area (Å²) < 4.78 is 11.2. The first-order valence-corrected chi connectivity index (χ1v) is 7.43. The van der Waals surface area contributed by atoms with Gasteiger partial charge in [0.15, 0.2) is 11.5 Å². The Kier molecular flexibility index (Phi) is 4.32. The first kappa shape index (κ1) is 14.2. The lowest BCUT2D eigenvalue weighted by Gasteiger charge is -2.16. The number of aliphatic hydroxyl groups is 1. The zero-order valence-electron chi connectivity index (χ0n) is 11.6. The van der Waals surface area contributed by atoms with Crippen molar-refractivity contribution in [3.8, 4) is 11.5 Å². The van der Waals surface area contributed by atoms with Crippen LogP contribution < -0.4 is 9.47 Å². The second-order valence-electron chi connectivity index (χ2n) is 5.08. The van der Waals surface area contributed by atoms with E-state index in [2.05, 4.69) is 0 Å². The molecule has 1 N–H and O–H groups in total. The summed E-state index contributed by atoms with van der Waals surface area (Å²) >= 11 is 6.28. The third-order valence-corrected chi connectivity index (χ3v) is 3.83. The molecule has 1 aliphatic rings. The van der Waals surface area contributed by atoms with Gasteiger partial charge in [0.25, 0.3) is 0 Å². The van der Waals surface area contributed by atoms with Crippen LogP contribution in [0.5, 0.6) is 11.5 Å². The van der Waals surface area contributed by atoms with E-state index >= 15 is 0 Å². The SMILES string of the molecule is OC(Cc1ccccc1)c1cc2c(cc1Cl)OCCCO2. The summed E-state index contributed by atoms with van der Waals surface area (Å²) in [6, 6.07) is 13.4. The van der Waals surface area contributed by atoms with Gasteiger partial charge in [-0.25, -0.2) is 0 Å². The Labute approximate surface area is 129 Å². The quantitative estimate of drug-likeness (QED) is 0.938. The van der Waals surface area contributed by atoms with Gasteiger partial charge in [-0.1, -0.05) is 41.9 Å². The number of hydrogen-bond donors (Lipinski definition) is 1. The van der Waals surface area contributed by atoms with Gasteiger partial charge in [-0.2, -0.15) is 0 Å². The minimum absolute atomic E-state index is 0.502. The molecule has 0 saturated carbocycles. The van der Waals surface area contributed by atoms with Crippen LogP contribution in [-0.2, 0) is 6.42 Å². The van der Waals surface area contributed by atoms with E-state index in [1.807, 2.05) is 30.3 Å². The Balaban J connectivity index is 1.86. The van der Waals surface area contributed by atoms with Crippen molar-refractivity contribution in [2.45, 2.75) is 18.9 Å². The predicted molar refractivity (Wildman–Crippen MR) is 82.2 cm³/mol. The molecular weight excluding hydrogens is 288 g/mol. The second kappa shape index (κ2) is 6.37. The van der Waals surface area contributed by atoms with Crippen molar-refractivity contribution < 1.29 is 14.6 Å². The van der Waals surface area contributed by atoms with Crippen molar-refractivity contribution >= 4 is 11.6 Å². The molecule has 0 saturated heterocycles. The third kappa shape index (κ3) is 3.31. The minimum atomic E-state index is -0.669. The van der Waals surface area contributed by atoms with Crippen molar-refractivity contribution in [3.63, 3.8) is 0 Å². The summed E-state index contributed by atoms with van der Waals surface area (Å²) in [6.45, 7) is 1.23. The van der Waals surface area contributed by atoms with Gasteiger partial charge in [0.1, 0.15) is 0 Å². The topological polar surface area (TPSA) is 38.7 Å². The fourth-order valence-corrected chi connectivity index (χ4v) is 2.68. The number of halogens is 1. The molecule has 0 aliphatic carbocycles. The molecule has 4 heteroatoms. The Morgan fingerprint density at radius 2 is 1.71 bits per heavy atom. The van der Waals surface area contributed by atoms with Gasteiger partial charge < -0.3 is 14.6 Å². The molecule has 0 radical (unpaired) electrons. The lowest BCUT2D eigenvalue weighted by atomic mass is 10.0. The lowest BCUT2D eigenvalue weighted by molar-refractivity contribution is 0.178. The van der Waals surface area contributed by atoms with Crippen molar-refractivity contribution in [1.82, 2.24) is 0 Å². The Hall–Kier alpha value is -1.71. The maximum absolute atomic E-state index is 10.4. The van der Waals surface area contributed by atoms with Crippen LogP contribution in [0.3, 0.4) is 0 Å². The molecule has 0 spiro atoms.